The number of esters is 1. The molecule has 3 aromatic rings. The number of sulfonamides is 1. The molecule has 0 bridgehead atoms. The number of anilines is 1. The molecular formula is C23H24ClN3O4S. The molecule has 0 fully saturated rings. The molecular weight excluding hydrogens is 450 g/mol. The number of nitrogens with one attached hydrogen (secondary N) is 1. The normalized spacial score (nSPS) is 11.8. The molecule has 0 saturated carbocycles. The molecule has 9 heteroatoms. The van der Waals surface area contributed by atoms with E-state index >= 15 is 0 Å². The third-order valence-corrected chi connectivity index (χ3v) is 6.41. The van der Waals surface area contributed by atoms with Gasteiger partial charge in [-0.2, -0.15) is 4.98 Å². The fourth-order valence-corrected chi connectivity index (χ4v) is 4.71. The minimum Gasteiger partial charge on any atom is -0.465 e. The smallest absolute Gasteiger partial charge is 0.337 e. The van der Waals surface area contributed by atoms with Crippen LogP contribution in [0.25, 0.3) is 11.3 Å². The summed E-state index contributed by atoms with van der Waals surface area (Å²) in [5.41, 5.74) is 2.78. The second kappa shape index (κ2) is 8.88. The van der Waals surface area contributed by atoms with E-state index in [4.69, 9.17) is 11.6 Å². The highest BCUT2D eigenvalue weighted by atomic mass is 35.5. The third-order valence-electron chi connectivity index (χ3n) is 4.81. The maximum absolute atomic E-state index is 13.0. The van der Waals surface area contributed by atoms with Crippen molar-refractivity contribution in [3.05, 3.63) is 70.4 Å². The number of aromatic nitrogens is 2. The molecule has 0 unspecified atom stereocenters. The molecule has 0 saturated heterocycles. The lowest BCUT2D eigenvalue weighted by Gasteiger charge is -2.24. The number of nitrogens with zero attached hydrogens (tertiary/aromatic N) is 2. The quantitative estimate of drug-likeness (QED) is 0.414. The van der Waals surface area contributed by atoms with Crippen LogP contribution in [0.2, 0.25) is 5.15 Å². The molecule has 0 aliphatic heterocycles. The molecule has 2 aromatic carbocycles. The molecule has 32 heavy (non-hydrogen) atoms. The monoisotopic (exact) mass is 473 g/mol. The van der Waals surface area contributed by atoms with Crippen molar-refractivity contribution in [3.8, 4) is 11.3 Å². The summed E-state index contributed by atoms with van der Waals surface area (Å²) in [6.45, 7) is 7.91. The number of methoxy groups -OCH3 is 1. The van der Waals surface area contributed by atoms with Crippen molar-refractivity contribution >= 4 is 33.5 Å². The van der Waals surface area contributed by atoms with Crippen molar-refractivity contribution in [1.29, 1.82) is 0 Å². The Morgan fingerprint density at radius 2 is 1.75 bits per heavy atom. The highest BCUT2D eigenvalue weighted by Crippen LogP contribution is 2.38. The van der Waals surface area contributed by atoms with Crippen LogP contribution in [0.4, 0.5) is 5.95 Å². The summed E-state index contributed by atoms with van der Waals surface area (Å²) in [7, 11) is -2.87. The first-order valence-electron chi connectivity index (χ1n) is 9.79. The largest absolute Gasteiger partial charge is 0.465 e. The van der Waals surface area contributed by atoms with Gasteiger partial charge in [0, 0.05) is 11.1 Å². The van der Waals surface area contributed by atoms with Crippen LogP contribution in [0.5, 0.6) is 0 Å². The van der Waals surface area contributed by atoms with Gasteiger partial charge in [-0.1, -0.05) is 62.7 Å². The Balaban J connectivity index is 2.12. The van der Waals surface area contributed by atoms with E-state index < -0.39 is 16.0 Å². The van der Waals surface area contributed by atoms with Gasteiger partial charge in [0.1, 0.15) is 5.15 Å². The van der Waals surface area contributed by atoms with Crippen molar-refractivity contribution in [3.63, 3.8) is 0 Å². The first-order valence-corrected chi connectivity index (χ1v) is 11.7. The Bertz CT molecular complexity index is 1280. The number of rotatable bonds is 5. The molecule has 0 amide bonds. The predicted octanol–water partition coefficient (Wildman–Crippen LogP) is 4.99. The Kier molecular flexibility index (Phi) is 6.57. The molecule has 0 aliphatic carbocycles. The number of halogens is 1. The molecule has 1 heterocycles. The highest BCUT2D eigenvalue weighted by molar-refractivity contribution is 7.92. The summed E-state index contributed by atoms with van der Waals surface area (Å²) in [5, 5.41) is 0.159. The minimum absolute atomic E-state index is 0.109. The van der Waals surface area contributed by atoms with E-state index in [1.54, 1.807) is 0 Å². The van der Waals surface area contributed by atoms with E-state index in [0.717, 1.165) is 11.1 Å². The lowest BCUT2D eigenvalue weighted by Crippen LogP contribution is -2.20. The molecule has 1 N–H and O–H groups in total. The SMILES string of the molecule is COC(=O)c1cccc(S(=O)(=O)Nc2nc(Cl)c(C(C)(C)C)c(-c3ccccc3C)n2)c1. The van der Waals surface area contributed by atoms with Gasteiger partial charge in [-0.15, -0.1) is 0 Å². The minimum atomic E-state index is -4.09. The average Bonchev–Trinajstić information content (AvgIpc) is 2.72. The van der Waals surface area contributed by atoms with Crippen LogP contribution >= 0.6 is 11.6 Å². The Morgan fingerprint density at radius 3 is 2.38 bits per heavy atom. The van der Waals surface area contributed by atoms with Crippen LogP contribution in [0.3, 0.4) is 0 Å². The predicted molar refractivity (Wildman–Crippen MR) is 125 cm³/mol. The molecule has 1 aromatic heterocycles. The number of carbonyl (C=O) groups is 1. The standard InChI is InChI=1S/C23H24ClN3O4S/c1-14-9-6-7-12-17(14)19-18(23(2,3)4)20(24)26-22(25-19)27-32(29,30)16-11-8-10-15(13-16)21(28)31-5/h6-13H,1-5H3,(H,25,26,27). The second-order valence-corrected chi connectivity index (χ2v) is 10.3. The number of carbonyl (C=O) groups excluding carboxylic acids is 1. The number of benzene rings is 2. The molecule has 3 rings (SSSR count). The number of aryl methyl sites for hydroxylation is 1. The lowest BCUT2D eigenvalue weighted by molar-refractivity contribution is 0.0600. The van der Waals surface area contributed by atoms with Crippen LogP contribution < -0.4 is 4.72 Å². The molecule has 168 valence electrons. The van der Waals surface area contributed by atoms with Gasteiger partial charge in [0.05, 0.1) is 23.3 Å². The van der Waals surface area contributed by atoms with Crippen LogP contribution in [-0.4, -0.2) is 31.5 Å². The van der Waals surface area contributed by atoms with Gasteiger partial charge >= 0.3 is 5.97 Å². The van der Waals surface area contributed by atoms with Crippen LogP contribution in [0.15, 0.2) is 53.4 Å². The van der Waals surface area contributed by atoms with Gasteiger partial charge in [-0.3, -0.25) is 0 Å². The highest BCUT2D eigenvalue weighted by Gasteiger charge is 2.27. The van der Waals surface area contributed by atoms with Gasteiger partial charge in [-0.05, 0) is 36.1 Å². The van der Waals surface area contributed by atoms with Crippen molar-refractivity contribution < 1.29 is 17.9 Å². The summed E-state index contributed by atoms with van der Waals surface area (Å²) in [5.74, 6) is -0.803. The van der Waals surface area contributed by atoms with Gasteiger partial charge in [0.25, 0.3) is 10.0 Å². The molecule has 0 radical (unpaired) electrons. The number of hydrogen-bond donors (Lipinski definition) is 1. The maximum atomic E-state index is 13.0. The van der Waals surface area contributed by atoms with Gasteiger partial charge in [-0.25, -0.2) is 22.9 Å². The maximum Gasteiger partial charge on any atom is 0.337 e. The molecule has 7 nitrogen and oxygen atoms in total. The summed E-state index contributed by atoms with van der Waals surface area (Å²) in [4.78, 5) is 20.4. The fraction of sp³-hybridized carbons (Fsp3) is 0.261. The van der Waals surface area contributed by atoms with E-state index in [0.29, 0.717) is 11.3 Å². The Morgan fingerprint density at radius 1 is 1.06 bits per heavy atom. The van der Waals surface area contributed by atoms with E-state index in [2.05, 4.69) is 19.4 Å². The van der Waals surface area contributed by atoms with Crippen molar-refractivity contribution in [1.82, 2.24) is 9.97 Å². The first kappa shape index (κ1) is 23.7. The Hall–Kier alpha value is -2.97. The van der Waals surface area contributed by atoms with E-state index in [1.165, 1.54) is 31.4 Å². The Labute approximate surface area is 192 Å². The van der Waals surface area contributed by atoms with Crippen molar-refractivity contribution in [2.75, 3.05) is 11.8 Å². The number of hydrogen-bond acceptors (Lipinski definition) is 6. The zero-order valence-corrected chi connectivity index (χ0v) is 20.0. The zero-order valence-electron chi connectivity index (χ0n) is 18.4. The summed E-state index contributed by atoms with van der Waals surface area (Å²) in [6.07, 6.45) is 0. The van der Waals surface area contributed by atoms with E-state index in [9.17, 15) is 13.2 Å². The number of ether oxygens (including phenoxy) is 1. The average molecular weight is 474 g/mol. The van der Waals surface area contributed by atoms with Gasteiger partial charge in [0.15, 0.2) is 0 Å². The van der Waals surface area contributed by atoms with Crippen LogP contribution in [0.1, 0.15) is 42.3 Å². The van der Waals surface area contributed by atoms with Crippen LogP contribution in [0, 0.1) is 6.92 Å². The summed E-state index contributed by atoms with van der Waals surface area (Å²) < 4.78 is 33.0. The summed E-state index contributed by atoms with van der Waals surface area (Å²) in [6, 6.07) is 13.1. The zero-order chi connectivity index (χ0) is 23.7. The lowest BCUT2D eigenvalue weighted by atomic mass is 9.84. The first-order chi connectivity index (χ1) is 14.9. The third kappa shape index (κ3) is 4.92. The van der Waals surface area contributed by atoms with E-state index in [1.807, 2.05) is 52.0 Å². The van der Waals surface area contributed by atoms with E-state index in [-0.39, 0.29) is 27.0 Å². The fourth-order valence-electron chi connectivity index (χ4n) is 3.26. The van der Waals surface area contributed by atoms with Gasteiger partial charge < -0.3 is 4.74 Å². The molecule has 0 spiro atoms. The van der Waals surface area contributed by atoms with Crippen molar-refractivity contribution in [2.24, 2.45) is 0 Å². The van der Waals surface area contributed by atoms with Crippen LogP contribution in [-0.2, 0) is 20.2 Å². The molecule has 0 atom stereocenters. The van der Waals surface area contributed by atoms with Gasteiger partial charge in [0.2, 0.25) is 5.95 Å². The second-order valence-electron chi connectivity index (χ2n) is 8.25. The molecule has 0 aliphatic rings. The van der Waals surface area contributed by atoms with Crippen molar-refractivity contribution in [2.45, 2.75) is 38.0 Å². The topological polar surface area (TPSA) is 98.2 Å². The summed E-state index contributed by atoms with van der Waals surface area (Å²) >= 11 is 6.53.